The molecule has 0 aromatic heterocycles. The van der Waals surface area contributed by atoms with Gasteiger partial charge in [-0.3, -0.25) is 4.79 Å². The first-order valence-electron chi connectivity index (χ1n) is 7.22. The highest BCUT2D eigenvalue weighted by molar-refractivity contribution is 8.03. The van der Waals surface area contributed by atoms with E-state index in [0.717, 1.165) is 4.90 Å². The van der Waals surface area contributed by atoms with Crippen LogP contribution in [0.25, 0.3) is 0 Å². The minimum atomic E-state index is -0.367. The van der Waals surface area contributed by atoms with E-state index in [-0.39, 0.29) is 18.3 Å². The maximum Gasteiger partial charge on any atom is 0.166 e. The molecule has 0 aliphatic heterocycles. The van der Waals surface area contributed by atoms with Crippen molar-refractivity contribution >= 4 is 17.5 Å². The quantitative estimate of drug-likeness (QED) is 0.449. The van der Waals surface area contributed by atoms with Gasteiger partial charge in [-0.2, -0.15) is 0 Å². The van der Waals surface area contributed by atoms with Crippen molar-refractivity contribution in [1.82, 2.24) is 0 Å². The molecule has 112 valence electrons. The van der Waals surface area contributed by atoms with Gasteiger partial charge >= 0.3 is 0 Å². The Morgan fingerprint density at radius 1 is 1.09 bits per heavy atom. The van der Waals surface area contributed by atoms with Crippen LogP contribution in [0.15, 0.2) is 65.6 Å². The Morgan fingerprint density at radius 2 is 1.73 bits per heavy atom. The summed E-state index contributed by atoms with van der Waals surface area (Å²) in [6, 6.07) is 19.2. The number of hydrogen-bond acceptors (Lipinski definition) is 3. The molecule has 0 N–H and O–H groups in total. The van der Waals surface area contributed by atoms with Crippen LogP contribution in [0.5, 0.6) is 0 Å². The van der Waals surface area contributed by atoms with Gasteiger partial charge < -0.3 is 4.74 Å². The number of benzene rings is 2. The molecular weight excluding hydrogens is 292 g/mol. The largest absolute Gasteiger partial charge is 0.365 e. The molecule has 3 heteroatoms. The molecule has 0 saturated heterocycles. The summed E-state index contributed by atoms with van der Waals surface area (Å²) in [6.07, 6.45) is -0.0888. The summed E-state index contributed by atoms with van der Waals surface area (Å²) in [5.41, 5.74) is 0.699. The van der Waals surface area contributed by atoms with Gasteiger partial charge in [0.05, 0.1) is 0 Å². The summed E-state index contributed by atoms with van der Waals surface area (Å²) in [5.74, 6) is 3.09. The van der Waals surface area contributed by atoms with Crippen LogP contribution in [-0.4, -0.2) is 18.5 Å². The highest BCUT2D eigenvalue weighted by Crippen LogP contribution is 2.15. The van der Waals surface area contributed by atoms with Crippen molar-refractivity contribution in [1.29, 1.82) is 0 Å². The third kappa shape index (κ3) is 5.40. The first-order chi connectivity index (χ1) is 10.8. The summed E-state index contributed by atoms with van der Waals surface area (Å²) in [7, 11) is 0. The van der Waals surface area contributed by atoms with E-state index in [9.17, 15) is 4.79 Å². The maximum absolute atomic E-state index is 12.2. The molecule has 2 rings (SSSR count). The monoisotopic (exact) mass is 310 g/mol. The van der Waals surface area contributed by atoms with Gasteiger partial charge in [-0.25, -0.2) is 0 Å². The van der Waals surface area contributed by atoms with Gasteiger partial charge in [-0.05, 0) is 36.1 Å². The predicted molar refractivity (Wildman–Crippen MR) is 90.9 cm³/mol. The van der Waals surface area contributed by atoms with E-state index >= 15 is 0 Å². The normalized spacial score (nSPS) is 11.3. The smallest absolute Gasteiger partial charge is 0.166 e. The van der Waals surface area contributed by atoms with E-state index in [0.29, 0.717) is 12.2 Å². The molecule has 0 amide bonds. The molecule has 2 nitrogen and oxygen atoms in total. The highest BCUT2D eigenvalue weighted by atomic mass is 32.2. The van der Waals surface area contributed by atoms with E-state index < -0.39 is 0 Å². The summed E-state index contributed by atoms with van der Waals surface area (Å²) in [5, 5.41) is 3.03. The van der Waals surface area contributed by atoms with Gasteiger partial charge in [-0.1, -0.05) is 54.5 Å². The predicted octanol–water partition coefficient (Wildman–Crippen LogP) is 4.42. The molecule has 0 saturated carbocycles. The van der Waals surface area contributed by atoms with Gasteiger partial charge in [0.2, 0.25) is 0 Å². The Kier molecular flexibility index (Phi) is 6.76. The highest BCUT2D eigenvalue weighted by Gasteiger charge is 2.13. The van der Waals surface area contributed by atoms with Gasteiger partial charge in [-0.15, -0.1) is 0 Å². The van der Waals surface area contributed by atoms with E-state index in [2.05, 4.69) is 11.2 Å². The molecule has 1 atom stereocenters. The van der Waals surface area contributed by atoms with Gasteiger partial charge in [0.1, 0.15) is 6.10 Å². The number of carbonyl (C=O) groups excluding carboxylic acids is 1. The summed E-state index contributed by atoms with van der Waals surface area (Å²) >= 11 is 1.45. The van der Waals surface area contributed by atoms with E-state index in [4.69, 9.17) is 4.74 Å². The molecule has 0 heterocycles. The van der Waals surface area contributed by atoms with E-state index in [1.54, 1.807) is 0 Å². The summed E-state index contributed by atoms with van der Waals surface area (Å²) < 4.78 is 5.56. The lowest BCUT2D eigenvalue weighted by Crippen LogP contribution is -2.16. The van der Waals surface area contributed by atoms with Crippen molar-refractivity contribution in [2.45, 2.75) is 24.3 Å². The van der Waals surface area contributed by atoms with E-state index in [1.807, 2.05) is 67.6 Å². The average Bonchev–Trinajstić information content (AvgIpc) is 2.57. The lowest BCUT2D eigenvalue weighted by molar-refractivity contribution is 0.0757. The van der Waals surface area contributed by atoms with Crippen LogP contribution < -0.4 is 0 Å². The molecular formula is C19H18O2S. The molecule has 0 aliphatic rings. The zero-order chi connectivity index (χ0) is 15.6. The van der Waals surface area contributed by atoms with Crippen LogP contribution in [0.1, 0.15) is 23.7 Å². The van der Waals surface area contributed by atoms with Crippen LogP contribution in [0.4, 0.5) is 0 Å². The number of Topliss-reactive ketones (excluding diaryl/α,β-unsaturated/α-hetero) is 1. The number of carbonyl (C=O) groups is 1. The molecule has 1 unspecified atom stereocenters. The Bertz CT molecular complexity index is 641. The van der Waals surface area contributed by atoms with E-state index in [1.165, 1.54) is 11.8 Å². The number of thioether (sulfide) groups is 1. The fourth-order valence-electron chi connectivity index (χ4n) is 1.91. The van der Waals surface area contributed by atoms with Gasteiger partial charge in [0, 0.05) is 23.5 Å². The topological polar surface area (TPSA) is 26.3 Å². The van der Waals surface area contributed by atoms with Crippen molar-refractivity contribution in [3.05, 3.63) is 66.2 Å². The third-order valence-corrected chi connectivity index (χ3v) is 3.69. The molecule has 22 heavy (non-hydrogen) atoms. The minimum Gasteiger partial charge on any atom is -0.365 e. The van der Waals surface area contributed by atoms with Crippen molar-refractivity contribution in [3.63, 3.8) is 0 Å². The molecule has 0 spiro atoms. The molecule has 0 fully saturated rings. The molecule has 0 aliphatic carbocycles. The van der Waals surface area contributed by atoms with Gasteiger partial charge in [0.25, 0.3) is 0 Å². The second-order valence-corrected chi connectivity index (χ2v) is 5.48. The summed E-state index contributed by atoms with van der Waals surface area (Å²) in [6.45, 7) is 2.45. The summed E-state index contributed by atoms with van der Waals surface area (Å²) in [4.78, 5) is 13.3. The number of ether oxygens (including phenoxy) is 1. The first kappa shape index (κ1) is 16.4. The number of ketones is 1. The molecule has 0 bridgehead atoms. The van der Waals surface area contributed by atoms with Gasteiger partial charge in [0.15, 0.2) is 5.78 Å². The Hall–Kier alpha value is -2.02. The average molecular weight is 310 g/mol. The zero-order valence-corrected chi connectivity index (χ0v) is 13.3. The van der Waals surface area contributed by atoms with Crippen molar-refractivity contribution < 1.29 is 9.53 Å². The Balaban J connectivity index is 1.97. The van der Waals surface area contributed by atoms with Crippen LogP contribution in [0.3, 0.4) is 0 Å². The fourth-order valence-corrected chi connectivity index (χ4v) is 2.51. The lowest BCUT2D eigenvalue weighted by atomic mass is 10.1. The van der Waals surface area contributed by atoms with Crippen LogP contribution >= 0.6 is 11.8 Å². The second-order valence-electron chi connectivity index (χ2n) is 4.60. The van der Waals surface area contributed by atoms with Crippen LogP contribution in [-0.2, 0) is 4.74 Å². The SMILES string of the molecule is CCOC(C#CSc1ccccc1)CC(=O)c1ccccc1. The Morgan fingerprint density at radius 3 is 2.36 bits per heavy atom. The van der Waals surface area contributed by atoms with Crippen LogP contribution in [0, 0.1) is 11.2 Å². The number of rotatable bonds is 6. The minimum absolute atomic E-state index is 0.0538. The number of hydrogen-bond donors (Lipinski definition) is 0. The fraction of sp³-hybridized carbons (Fsp3) is 0.211. The second kappa shape index (κ2) is 9.09. The third-order valence-electron chi connectivity index (χ3n) is 2.97. The molecule has 2 aromatic carbocycles. The van der Waals surface area contributed by atoms with Crippen molar-refractivity contribution in [2.24, 2.45) is 0 Å². The zero-order valence-electron chi connectivity index (χ0n) is 12.5. The van der Waals surface area contributed by atoms with Crippen LogP contribution in [0.2, 0.25) is 0 Å². The lowest BCUT2D eigenvalue weighted by Gasteiger charge is -2.09. The van der Waals surface area contributed by atoms with Crippen molar-refractivity contribution in [2.75, 3.05) is 6.61 Å². The molecule has 0 radical (unpaired) electrons. The first-order valence-corrected chi connectivity index (χ1v) is 8.03. The van der Waals surface area contributed by atoms with Crippen molar-refractivity contribution in [3.8, 4) is 11.2 Å². The standard InChI is InChI=1S/C19H18O2S/c1-2-21-17(13-14-22-18-11-7-4-8-12-18)15-19(20)16-9-5-3-6-10-16/h3-12,17H,2,15H2,1H3. The maximum atomic E-state index is 12.2. The Labute approximate surface area is 135 Å². The molecule has 2 aromatic rings.